The van der Waals surface area contributed by atoms with Gasteiger partial charge in [0.15, 0.2) is 0 Å². The van der Waals surface area contributed by atoms with Gasteiger partial charge in [-0.3, -0.25) is 0 Å². The average Bonchev–Trinajstić information content (AvgIpc) is 2.38. The maximum Gasteiger partial charge on any atom is 0.146 e. The smallest absolute Gasteiger partial charge is 0.146 e. The van der Waals surface area contributed by atoms with Crippen LogP contribution in [0.2, 0.25) is 0 Å². The molecule has 1 aromatic rings. The van der Waals surface area contributed by atoms with Crippen LogP contribution in [0, 0.1) is 11.3 Å². The second-order valence-corrected chi connectivity index (χ2v) is 3.59. The summed E-state index contributed by atoms with van der Waals surface area (Å²) in [6.07, 6.45) is 1.65. The predicted octanol–water partition coefficient (Wildman–Crippen LogP) is 0.151. The number of aliphatic hydroxyl groups excluding tert-OH is 1. The van der Waals surface area contributed by atoms with Crippen molar-refractivity contribution < 1.29 is 9.84 Å². The van der Waals surface area contributed by atoms with Gasteiger partial charge in [-0.2, -0.15) is 5.26 Å². The quantitative estimate of drug-likeness (QED) is 0.766. The number of pyridine rings is 1. The molecular weight excluding hydrogens is 206 g/mol. The minimum atomic E-state index is -0.115. The lowest BCUT2D eigenvalue weighted by Crippen LogP contribution is -2.48. The summed E-state index contributed by atoms with van der Waals surface area (Å²) in [7, 11) is 0. The highest BCUT2D eigenvalue weighted by Crippen LogP contribution is 2.20. The highest BCUT2D eigenvalue weighted by atomic mass is 16.5. The number of aliphatic hydroxyl groups is 1. The van der Waals surface area contributed by atoms with E-state index >= 15 is 0 Å². The van der Waals surface area contributed by atoms with Crippen molar-refractivity contribution in [2.75, 3.05) is 31.3 Å². The molecule has 1 fully saturated rings. The largest absolute Gasteiger partial charge is 0.394 e. The molecule has 0 bridgehead atoms. The van der Waals surface area contributed by atoms with E-state index in [0.29, 0.717) is 31.1 Å². The molecule has 0 spiro atoms. The molecule has 0 aliphatic carbocycles. The third kappa shape index (κ3) is 1.98. The summed E-state index contributed by atoms with van der Waals surface area (Å²) in [6.45, 7) is 1.72. The van der Waals surface area contributed by atoms with E-state index in [1.807, 2.05) is 4.90 Å². The molecule has 16 heavy (non-hydrogen) atoms. The van der Waals surface area contributed by atoms with Crippen molar-refractivity contribution in [3.63, 3.8) is 0 Å². The van der Waals surface area contributed by atoms with Crippen molar-refractivity contribution in [1.29, 1.82) is 5.26 Å². The van der Waals surface area contributed by atoms with Gasteiger partial charge in [0.2, 0.25) is 0 Å². The zero-order valence-electron chi connectivity index (χ0n) is 8.83. The standard InChI is InChI=1S/C11H13N3O2/c12-6-9-2-1-3-13-11(9)14-4-5-16-8-10(14)7-15/h1-3,10,15H,4-5,7-8H2. The number of hydrogen-bond donors (Lipinski definition) is 1. The third-order valence-corrected chi connectivity index (χ3v) is 2.62. The minimum Gasteiger partial charge on any atom is -0.394 e. The minimum absolute atomic E-state index is 0.00143. The molecule has 84 valence electrons. The lowest BCUT2D eigenvalue weighted by Gasteiger charge is -2.35. The van der Waals surface area contributed by atoms with Crippen LogP contribution in [0.5, 0.6) is 0 Å². The number of anilines is 1. The monoisotopic (exact) mass is 219 g/mol. The lowest BCUT2D eigenvalue weighted by molar-refractivity contribution is 0.0722. The van der Waals surface area contributed by atoms with E-state index in [2.05, 4.69) is 11.1 Å². The Morgan fingerprint density at radius 2 is 2.56 bits per heavy atom. The molecule has 1 aliphatic heterocycles. The number of aromatic nitrogens is 1. The van der Waals surface area contributed by atoms with Crippen molar-refractivity contribution in [3.05, 3.63) is 23.9 Å². The first-order chi connectivity index (χ1) is 7.86. The average molecular weight is 219 g/mol. The Morgan fingerprint density at radius 1 is 1.69 bits per heavy atom. The molecule has 1 aromatic heterocycles. The number of morpholine rings is 1. The Balaban J connectivity index is 2.31. The number of ether oxygens (including phenoxy) is 1. The molecule has 2 rings (SSSR count). The lowest BCUT2D eigenvalue weighted by atomic mass is 10.2. The molecule has 0 radical (unpaired) electrons. The van der Waals surface area contributed by atoms with Gasteiger partial charge in [-0.25, -0.2) is 4.98 Å². The SMILES string of the molecule is N#Cc1cccnc1N1CCOCC1CO. The first kappa shape index (κ1) is 10.9. The second-order valence-electron chi connectivity index (χ2n) is 3.59. The third-order valence-electron chi connectivity index (χ3n) is 2.62. The van der Waals surface area contributed by atoms with Crippen LogP contribution in [0.15, 0.2) is 18.3 Å². The molecule has 0 amide bonds. The molecule has 1 aliphatic rings. The van der Waals surface area contributed by atoms with Crippen LogP contribution < -0.4 is 4.90 Å². The van der Waals surface area contributed by atoms with Crippen LogP contribution in [0.3, 0.4) is 0 Å². The van der Waals surface area contributed by atoms with Crippen LogP contribution in [-0.4, -0.2) is 42.5 Å². The Morgan fingerprint density at radius 3 is 3.31 bits per heavy atom. The van der Waals surface area contributed by atoms with E-state index in [1.165, 1.54) is 0 Å². The van der Waals surface area contributed by atoms with Crippen LogP contribution in [0.25, 0.3) is 0 Å². The molecule has 1 N–H and O–H groups in total. The van der Waals surface area contributed by atoms with Crippen molar-refractivity contribution in [2.45, 2.75) is 6.04 Å². The van der Waals surface area contributed by atoms with E-state index in [9.17, 15) is 5.11 Å². The van der Waals surface area contributed by atoms with Crippen molar-refractivity contribution in [3.8, 4) is 6.07 Å². The molecule has 1 saturated heterocycles. The van der Waals surface area contributed by atoms with Gasteiger partial charge < -0.3 is 14.7 Å². The number of hydrogen-bond acceptors (Lipinski definition) is 5. The van der Waals surface area contributed by atoms with Gasteiger partial charge in [0.25, 0.3) is 0 Å². The van der Waals surface area contributed by atoms with E-state index in [-0.39, 0.29) is 12.6 Å². The van der Waals surface area contributed by atoms with Crippen LogP contribution in [0.4, 0.5) is 5.82 Å². The van der Waals surface area contributed by atoms with Gasteiger partial charge in [0.1, 0.15) is 11.9 Å². The zero-order chi connectivity index (χ0) is 11.4. The highest BCUT2D eigenvalue weighted by Gasteiger charge is 2.25. The molecule has 0 aromatic carbocycles. The Labute approximate surface area is 93.9 Å². The summed E-state index contributed by atoms with van der Waals surface area (Å²) >= 11 is 0. The first-order valence-corrected chi connectivity index (χ1v) is 5.17. The summed E-state index contributed by atoms with van der Waals surface area (Å²) in [5.41, 5.74) is 0.530. The van der Waals surface area contributed by atoms with Crippen LogP contribution in [-0.2, 0) is 4.74 Å². The summed E-state index contributed by atoms with van der Waals surface area (Å²) in [4.78, 5) is 6.14. The predicted molar refractivity (Wildman–Crippen MR) is 58.0 cm³/mol. The maximum absolute atomic E-state index is 9.25. The summed E-state index contributed by atoms with van der Waals surface area (Å²) < 4.78 is 5.29. The molecule has 1 atom stereocenters. The second kappa shape index (κ2) is 4.92. The Kier molecular flexibility index (Phi) is 3.34. The Hall–Kier alpha value is -1.64. The maximum atomic E-state index is 9.25. The number of rotatable bonds is 2. The fourth-order valence-corrected chi connectivity index (χ4v) is 1.80. The molecule has 1 unspecified atom stereocenters. The topological polar surface area (TPSA) is 69.4 Å². The summed E-state index contributed by atoms with van der Waals surface area (Å²) in [5.74, 6) is 0.632. The van der Waals surface area contributed by atoms with Gasteiger partial charge in [-0.1, -0.05) is 0 Å². The molecule has 5 heteroatoms. The van der Waals surface area contributed by atoms with E-state index in [0.717, 1.165) is 0 Å². The normalized spacial score (nSPS) is 20.5. The van der Waals surface area contributed by atoms with Crippen molar-refractivity contribution in [1.82, 2.24) is 4.98 Å². The van der Waals surface area contributed by atoms with E-state index < -0.39 is 0 Å². The van der Waals surface area contributed by atoms with Gasteiger partial charge >= 0.3 is 0 Å². The fraction of sp³-hybridized carbons (Fsp3) is 0.455. The van der Waals surface area contributed by atoms with Crippen LogP contribution in [0.1, 0.15) is 5.56 Å². The van der Waals surface area contributed by atoms with Gasteiger partial charge in [0, 0.05) is 12.7 Å². The number of nitrogens with zero attached hydrogens (tertiary/aromatic N) is 3. The van der Waals surface area contributed by atoms with E-state index in [4.69, 9.17) is 10.00 Å². The van der Waals surface area contributed by atoms with Gasteiger partial charge in [-0.15, -0.1) is 0 Å². The molecular formula is C11H13N3O2. The summed E-state index contributed by atoms with van der Waals surface area (Å²) in [6, 6.07) is 5.46. The fourth-order valence-electron chi connectivity index (χ4n) is 1.80. The molecule has 5 nitrogen and oxygen atoms in total. The van der Waals surface area contributed by atoms with Crippen molar-refractivity contribution >= 4 is 5.82 Å². The molecule has 0 saturated carbocycles. The highest BCUT2D eigenvalue weighted by molar-refractivity contribution is 5.54. The van der Waals surface area contributed by atoms with E-state index in [1.54, 1.807) is 18.3 Å². The zero-order valence-corrected chi connectivity index (χ0v) is 8.83. The van der Waals surface area contributed by atoms with Crippen molar-refractivity contribution in [2.24, 2.45) is 0 Å². The van der Waals surface area contributed by atoms with Gasteiger partial charge in [0.05, 0.1) is 31.4 Å². The van der Waals surface area contributed by atoms with Gasteiger partial charge in [-0.05, 0) is 12.1 Å². The Bertz CT molecular complexity index is 402. The molecule has 2 heterocycles. The van der Waals surface area contributed by atoms with Crippen LogP contribution >= 0.6 is 0 Å². The number of nitriles is 1. The first-order valence-electron chi connectivity index (χ1n) is 5.17. The summed E-state index contributed by atoms with van der Waals surface area (Å²) in [5, 5.41) is 18.3.